The summed E-state index contributed by atoms with van der Waals surface area (Å²) in [5, 5.41) is 19.7. The van der Waals surface area contributed by atoms with Crippen molar-refractivity contribution in [3.8, 4) is 0 Å². The lowest BCUT2D eigenvalue weighted by molar-refractivity contribution is -0.317. The lowest BCUT2D eigenvalue weighted by Crippen LogP contribution is -2.41. The van der Waals surface area contributed by atoms with Gasteiger partial charge in [-0.1, -0.05) is 0 Å². The van der Waals surface area contributed by atoms with Crippen LogP contribution in [-0.4, -0.2) is 49.5 Å². The van der Waals surface area contributed by atoms with Gasteiger partial charge >= 0.3 is 0 Å². The highest BCUT2D eigenvalue weighted by molar-refractivity contribution is 7.80. The molecule has 0 aliphatic rings. The number of aliphatic carboxylic acids is 1. The summed E-state index contributed by atoms with van der Waals surface area (Å²) in [5.41, 5.74) is 0. The van der Waals surface area contributed by atoms with Crippen molar-refractivity contribution < 1.29 is 36.9 Å². The number of aliphatic hydroxyl groups excluding tert-OH is 1. The van der Waals surface area contributed by atoms with Gasteiger partial charge < -0.3 is 24.3 Å². The third-order valence-electron chi connectivity index (χ3n) is 1.81. The first-order valence-corrected chi connectivity index (χ1v) is 5.56. The lowest BCUT2D eigenvalue weighted by Gasteiger charge is -2.24. The highest BCUT2D eigenvalue weighted by Crippen LogP contribution is 2.10. The average molecular weight is 256 g/mol. The maximum absolute atomic E-state index is 10.4. The molecule has 8 nitrogen and oxygen atoms in total. The Hall–Kier alpha value is -0.740. The van der Waals surface area contributed by atoms with Crippen molar-refractivity contribution in [1.29, 1.82) is 0 Å². The molecule has 2 unspecified atom stereocenters. The van der Waals surface area contributed by atoms with E-state index in [9.17, 15) is 28.0 Å². The van der Waals surface area contributed by atoms with Crippen LogP contribution in [-0.2, 0) is 24.1 Å². The van der Waals surface area contributed by atoms with Gasteiger partial charge in [-0.25, -0.2) is 8.42 Å². The summed E-state index contributed by atoms with van der Waals surface area (Å²) in [6.45, 7) is 1.11. The van der Waals surface area contributed by atoms with Gasteiger partial charge in [0.05, 0.1) is 24.3 Å². The van der Waals surface area contributed by atoms with Crippen LogP contribution in [0.25, 0.3) is 0 Å². The summed E-state index contributed by atoms with van der Waals surface area (Å²) in [7, 11) is -3.86. The van der Waals surface area contributed by atoms with E-state index in [0.717, 1.165) is 14.0 Å². The molecule has 9 heteroatoms. The van der Waals surface area contributed by atoms with E-state index in [1.165, 1.54) is 0 Å². The van der Waals surface area contributed by atoms with Crippen LogP contribution in [0.3, 0.4) is 0 Å². The minimum atomic E-state index is -4.95. The first-order valence-electron chi connectivity index (χ1n) is 4.23. The average Bonchev–Trinajstić information content (AvgIpc) is 2.10. The van der Waals surface area contributed by atoms with E-state index >= 15 is 0 Å². The molecule has 0 radical (unpaired) electrons. The minimum Gasteiger partial charge on any atom is -0.726 e. The summed E-state index contributed by atoms with van der Waals surface area (Å²) in [6.07, 6.45) is -4.70. The van der Waals surface area contributed by atoms with Crippen LogP contribution >= 0.6 is 0 Å². The molecule has 0 aliphatic heterocycles. The van der Waals surface area contributed by atoms with Crippen LogP contribution in [0.4, 0.5) is 0 Å². The van der Waals surface area contributed by atoms with Crippen molar-refractivity contribution in [3.63, 3.8) is 0 Å². The maximum Gasteiger partial charge on any atom is 0.217 e. The van der Waals surface area contributed by atoms with Crippen LogP contribution in [0.15, 0.2) is 0 Å². The van der Waals surface area contributed by atoms with Gasteiger partial charge in [0, 0.05) is 13.5 Å². The number of carbonyl (C=O) groups excluding carboxylic acids is 1. The first-order chi connectivity index (χ1) is 7.17. The van der Waals surface area contributed by atoms with E-state index in [2.05, 4.69) is 8.92 Å². The smallest absolute Gasteiger partial charge is 0.217 e. The molecule has 0 bridgehead atoms. The molecule has 1 N–H and O–H groups in total. The Balaban J connectivity index is 4.34. The van der Waals surface area contributed by atoms with E-state index in [-0.39, 0.29) is 0 Å². The highest BCUT2D eigenvalue weighted by Gasteiger charge is 2.22. The predicted octanol–water partition coefficient (Wildman–Crippen LogP) is -2.63. The summed E-state index contributed by atoms with van der Waals surface area (Å²) >= 11 is 0. The fraction of sp³-hybridized carbons (Fsp3) is 0.857. The summed E-state index contributed by atoms with van der Waals surface area (Å²) < 4.78 is 38.9. The Labute approximate surface area is 92.7 Å². The Kier molecular flexibility index (Phi) is 5.83. The second-order valence-electron chi connectivity index (χ2n) is 3.06. The standard InChI is InChI=1S/C7H14O8S/c1-4(15-16(11,12)13)5(8)3-6(14-2)7(9)10/h4-6,8H,3H2,1-2H3,(H,9,10)(H,11,12,13)/p-2/t4?,5-,6?/m1/s1. The number of carboxylic acid groups (broad SMARTS) is 1. The topological polar surface area (TPSA) is 136 Å². The number of ether oxygens (including phenoxy) is 1. The number of carbonyl (C=O) groups is 1. The minimum absolute atomic E-state index is 0.449. The van der Waals surface area contributed by atoms with E-state index < -0.39 is 41.1 Å². The summed E-state index contributed by atoms with van der Waals surface area (Å²) in [6, 6.07) is 0. The molecule has 0 saturated carbocycles. The van der Waals surface area contributed by atoms with E-state index in [4.69, 9.17) is 0 Å². The van der Waals surface area contributed by atoms with Gasteiger partial charge in [-0.05, 0) is 6.92 Å². The zero-order valence-electron chi connectivity index (χ0n) is 8.65. The highest BCUT2D eigenvalue weighted by atomic mass is 32.3. The third kappa shape index (κ3) is 5.98. The molecule has 0 saturated heterocycles. The van der Waals surface area contributed by atoms with Crippen molar-refractivity contribution in [3.05, 3.63) is 0 Å². The Morgan fingerprint density at radius 1 is 1.50 bits per heavy atom. The van der Waals surface area contributed by atoms with E-state index in [1.54, 1.807) is 0 Å². The van der Waals surface area contributed by atoms with Gasteiger partial charge in [-0.2, -0.15) is 0 Å². The fourth-order valence-corrected chi connectivity index (χ4v) is 1.45. The molecular formula is C7H12O8S-2. The molecule has 3 atom stereocenters. The Morgan fingerprint density at radius 3 is 2.31 bits per heavy atom. The van der Waals surface area contributed by atoms with Crippen molar-refractivity contribution in [2.75, 3.05) is 7.11 Å². The van der Waals surface area contributed by atoms with Crippen molar-refractivity contribution >= 4 is 16.4 Å². The van der Waals surface area contributed by atoms with Crippen molar-refractivity contribution in [2.24, 2.45) is 0 Å². The number of aliphatic hydroxyl groups is 1. The van der Waals surface area contributed by atoms with Gasteiger partial charge in [0.25, 0.3) is 0 Å². The largest absolute Gasteiger partial charge is 0.726 e. The molecule has 0 heterocycles. The van der Waals surface area contributed by atoms with Crippen LogP contribution < -0.4 is 5.11 Å². The third-order valence-corrected chi connectivity index (χ3v) is 2.35. The summed E-state index contributed by atoms with van der Waals surface area (Å²) in [4.78, 5) is 10.4. The van der Waals surface area contributed by atoms with Gasteiger partial charge in [-0.3, -0.25) is 4.18 Å². The zero-order valence-corrected chi connectivity index (χ0v) is 9.47. The second kappa shape index (κ2) is 6.11. The molecule has 0 aromatic carbocycles. The quantitative estimate of drug-likeness (QED) is 0.386. The van der Waals surface area contributed by atoms with Crippen LogP contribution in [0.1, 0.15) is 13.3 Å². The van der Waals surface area contributed by atoms with Gasteiger partial charge in [-0.15, -0.1) is 0 Å². The molecule has 0 spiro atoms. The number of rotatable bonds is 7. The number of carboxylic acids is 1. The van der Waals surface area contributed by atoms with Gasteiger partial charge in [0.15, 0.2) is 0 Å². The van der Waals surface area contributed by atoms with E-state index in [0.29, 0.717) is 0 Å². The molecule has 0 fully saturated rings. The number of hydrogen-bond donors (Lipinski definition) is 1. The SMILES string of the molecule is COC(C[C@@H](O)C(C)OS(=O)(=O)[O-])C(=O)[O-]. The molecule has 0 aliphatic carbocycles. The maximum atomic E-state index is 10.4. The lowest BCUT2D eigenvalue weighted by atomic mass is 10.1. The van der Waals surface area contributed by atoms with Crippen molar-refractivity contribution in [1.82, 2.24) is 0 Å². The van der Waals surface area contributed by atoms with Crippen LogP contribution in [0, 0.1) is 0 Å². The normalized spacial score (nSPS) is 17.8. The van der Waals surface area contributed by atoms with Crippen LogP contribution in [0.2, 0.25) is 0 Å². The van der Waals surface area contributed by atoms with Gasteiger partial charge in [0.1, 0.15) is 0 Å². The molecule has 0 rings (SSSR count). The summed E-state index contributed by atoms with van der Waals surface area (Å²) in [5.74, 6) is -1.56. The molecule has 16 heavy (non-hydrogen) atoms. The first kappa shape index (κ1) is 15.3. The molecular weight excluding hydrogens is 244 g/mol. The fourth-order valence-electron chi connectivity index (χ4n) is 0.950. The molecule has 0 amide bonds. The second-order valence-corrected chi connectivity index (χ2v) is 4.06. The van der Waals surface area contributed by atoms with Crippen molar-refractivity contribution in [2.45, 2.75) is 31.7 Å². The Morgan fingerprint density at radius 2 is 2.00 bits per heavy atom. The zero-order chi connectivity index (χ0) is 12.9. The van der Waals surface area contributed by atoms with Gasteiger partial charge in [0.2, 0.25) is 10.4 Å². The predicted molar refractivity (Wildman–Crippen MR) is 46.7 cm³/mol. The number of methoxy groups -OCH3 is 1. The molecule has 0 aromatic heterocycles. The Bertz CT molecular complexity index is 323. The van der Waals surface area contributed by atoms with Crippen LogP contribution in [0.5, 0.6) is 0 Å². The molecule has 0 aromatic rings. The molecule has 96 valence electrons. The monoisotopic (exact) mass is 256 g/mol. The number of hydrogen-bond acceptors (Lipinski definition) is 8. The van der Waals surface area contributed by atoms with E-state index in [1.807, 2.05) is 0 Å².